The molecule has 0 amide bonds. The van der Waals surface area contributed by atoms with Crippen LogP contribution in [0.2, 0.25) is 0 Å². The number of aliphatic hydroxyl groups excluding tert-OH is 1. The molecule has 0 aromatic rings. The highest BCUT2D eigenvalue weighted by molar-refractivity contribution is 4.81. The highest BCUT2D eigenvalue weighted by atomic mass is 16.3. The van der Waals surface area contributed by atoms with Crippen LogP contribution in [0, 0.1) is 0 Å². The highest BCUT2D eigenvalue weighted by Crippen LogP contribution is 2.19. The molecule has 80 valence electrons. The third-order valence-electron chi connectivity index (χ3n) is 2.77. The first kappa shape index (κ1) is 11.3. The molecule has 0 saturated carbocycles. The lowest BCUT2D eigenvalue weighted by molar-refractivity contribution is 0.0385. The van der Waals surface area contributed by atoms with Crippen molar-refractivity contribution in [3.05, 3.63) is 10.4 Å². The minimum atomic E-state index is -0.290. The van der Waals surface area contributed by atoms with Crippen LogP contribution in [0.1, 0.15) is 26.2 Å². The smallest absolute Gasteiger partial charge is 0.0667 e. The minimum Gasteiger partial charge on any atom is -0.392 e. The highest BCUT2D eigenvalue weighted by Gasteiger charge is 2.25. The van der Waals surface area contributed by atoms with Crippen LogP contribution >= 0.6 is 0 Å². The summed E-state index contributed by atoms with van der Waals surface area (Å²) in [5.74, 6) is 0. The summed E-state index contributed by atoms with van der Waals surface area (Å²) in [7, 11) is 0. The molecule has 0 aromatic heterocycles. The van der Waals surface area contributed by atoms with Gasteiger partial charge in [0.2, 0.25) is 0 Å². The number of azide groups is 1. The zero-order valence-electron chi connectivity index (χ0n) is 8.63. The van der Waals surface area contributed by atoms with E-state index >= 15 is 0 Å². The van der Waals surface area contributed by atoms with Crippen molar-refractivity contribution in [3.63, 3.8) is 0 Å². The van der Waals surface area contributed by atoms with Crippen LogP contribution in [0.25, 0.3) is 10.4 Å². The molecule has 1 saturated heterocycles. The maximum Gasteiger partial charge on any atom is 0.0667 e. The van der Waals surface area contributed by atoms with Crippen molar-refractivity contribution in [3.8, 4) is 0 Å². The second kappa shape index (κ2) is 5.86. The lowest BCUT2D eigenvalue weighted by atomic mass is 9.98. The SMILES string of the molecule is C[C@@H](O)[C@@H]1CCCCN1CCN=[N+]=[N-]. The Labute approximate surface area is 84.3 Å². The molecular formula is C9H18N4O. The maximum atomic E-state index is 9.56. The molecule has 0 aromatic carbocycles. The Morgan fingerprint density at radius 3 is 3.07 bits per heavy atom. The van der Waals surface area contributed by atoms with Crippen molar-refractivity contribution in [2.45, 2.75) is 38.3 Å². The summed E-state index contributed by atoms with van der Waals surface area (Å²) < 4.78 is 0. The van der Waals surface area contributed by atoms with Gasteiger partial charge in [-0.25, -0.2) is 0 Å². The average Bonchev–Trinajstić information content (AvgIpc) is 2.19. The van der Waals surface area contributed by atoms with Gasteiger partial charge >= 0.3 is 0 Å². The molecule has 0 aliphatic carbocycles. The number of hydrogen-bond donors (Lipinski definition) is 1. The van der Waals surface area contributed by atoms with Gasteiger partial charge < -0.3 is 5.11 Å². The fraction of sp³-hybridized carbons (Fsp3) is 1.00. The van der Waals surface area contributed by atoms with Crippen LogP contribution in [0.4, 0.5) is 0 Å². The van der Waals surface area contributed by atoms with Gasteiger partial charge in [-0.15, -0.1) is 0 Å². The van der Waals surface area contributed by atoms with Gasteiger partial charge in [0.15, 0.2) is 0 Å². The second-order valence-electron chi connectivity index (χ2n) is 3.79. The summed E-state index contributed by atoms with van der Waals surface area (Å²) in [5.41, 5.74) is 8.16. The van der Waals surface area contributed by atoms with Crippen LogP contribution < -0.4 is 0 Å². The molecule has 1 aliphatic heterocycles. The second-order valence-corrected chi connectivity index (χ2v) is 3.79. The zero-order chi connectivity index (χ0) is 10.4. The van der Waals surface area contributed by atoms with E-state index in [2.05, 4.69) is 14.9 Å². The van der Waals surface area contributed by atoms with Gasteiger partial charge in [0.1, 0.15) is 0 Å². The number of likely N-dealkylation sites (tertiary alicyclic amines) is 1. The third-order valence-corrected chi connectivity index (χ3v) is 2.77. The summed E-state index contributed by atoms with van der Waals surface area (Å²) in [4.78, 5) is 4.95. The summed E-state index contributed by atoms with van der Waals surface area (Å²) in [6.45, 7) is 4.10. The Morgan fingerprint density at radius 1 is 1.64 bits per heavy atom. The number of nitrogens with zero attached hydrogens (tertiary/aromatic N) is 4. The van der Waals surface area contributed by atoms with Gasteiger partial charge in [0, 0.05) is 24.0 Å². The fourth-order valence-electron chi connectivity index (χ4n) is 2.06. The molecule has 2 atom stereocenters. The van der Waals surface area contributed by atoms with Gasteiger partial charge in [-0.3, -0.25) is 4.90 Å². The summed E-state index contributed by atoms with van der Waals surface area (Å²) >= 11 is 0. The number of rotatable bonds is 4. The molecular weight excluding hydrogens is 180 g/mol. The molecule has 1 N–H and O–H groups in total. The quantitative estimate of drug-likeness (QED) is 0.422. The molecule has 0 radical (unpaired) electrons. The Kier molecular flexibility index (Phi) is 4.73. The van der Waals surface area contributed by atoms with Crippen LogP contribution in [0.5, 0.6) is 0 Å². The third kappa shape index (κ3) is 3.18. The van der Waals surface area contributed by atoms with E-state index < -0.39 is 0 Å². The Bertz CT molecular complexity index is 213. The normalized spacial score (nSPS) is 25.4. The number of hydrogen-bond acceptors (Lipinski definition) is 3. The van der Waals surface area contributed by atoms with Crippen LogP contribution in [0.3, 0.4) is 0 Å². The summed E-state index contributed by atoms with van der Waals surface area (Å²) in [6.07, 6.45) is 3.13. The first-order chi connectivity index (χ1) is 6.75. The summed E-state index contributed by atoms with van der Waals surface area (Å²) in [6, 6.07) is 0.248. The molecule has 0 spiro atoms. The van der Waals surface area contributed by atoms with Gasteiger partial charge in [0.25, 0.3) is 0 Å². The first-order valence-electron chi connectivity index (χ1n) is 5.18. The lowest BCUT2D eigenvalue weighted by Gasteiger charge is -2.37. The van der Waals surface area contributed by atoms with E-state index in [0.717, 1.165) is 19.5 Å². The Morgan fingerprint density at radius 2 is 2.43 bits per heavy atom. The largest absolute Gasteiger partial charge is 0.392 e. The van der Waals surface area contributed by atoms with E-state index in [4.69, 9.17) is 5.53 Å². The van der Waals surface area contributed by atoms with Crippen LogP contribution in [0.15, 0.2) is 5.11 Å². The molecule has 5 heteroatoms. The minimum absolute atomic E-state index is 0.248. The Hall–Kier alpha value is -0.770. The summed E-state index contributed by atoms with van der Waals surface area (Å²) in [5, 5.41) is 13.1. The van der Waals surface area contributed by atoms with E-state index in [0.29, 0.717) is 6.54 Å². The van der Waals surface area contributed by atoms with Gasteiger partial charge in [-0.1, -0.05) is 11.5 Å². The number of aliphatic hydroxyl groups is 1. The van der Waals surface area contributed by atoms with Crippen LogP contribution in [-0.4, -0.2) is 41.8 Å². The topological polar surface area (TPSA) is 72.2 Å². The van der Waals surface area contributed by atoms with Gasteiger partial charge in [-0.05, 0) is 31.8 Å². The first-order valence-corrected chi connectivity index (χ1v) is 5.18. The molecule has 0 bridgehead atoms. The number of piperidine rings is 1. The van der Waals surface area contributed by atoms with Crippen molar-refractivity contribution >= 4 is 0 Å². The van der Waals surface area contributed by atoms with Crippen molar-refractivity contribution in [2.75, 3.05) is 19.6 Å². The Balaban J connectivity index is 2.41. The van der Waals surface area contributed by atoms with E-state index in [1.54, 1.807) is 0 Å². The van der Waals surface area contributed by atoms with E-state index in [1.807, 2.05) is 6.92 Å². The zero-order valence-corrected chi connectivity index (χ0v) is 8.63. The molecule has 1 aliphatic rings. The van der Waals surface area contributed by atoms with Crippen molar-refractivity contribution in [1.82, 2.24) is 4.90 Å². The van der Waals surface area contributed by atoms with E-state index in [9.17, 15) is 5.11 Å². The molecule has 1 fully saturated rings. The van der Waals surface area contributed by atoms with Crippen molar-refractivity contribution < 1.29 is 5.11 Å². The average molecular weight is 198 g/mol. The molecule has 1 rings (SSSR count). The molecule has 0 unspecified atom stereocenters. The van der Waals surface area contributed by atoms with E-state index in [1.165, 1.54) is 12.8 Å². The van der Waals surface area contributed by atoms with Crippen molar-refractivity contribution in [1.29, 1.82) is 0 Å². The predicted octanol–water partition coefficient (Wildman–Crippen LogP) is 1.53. The monoisotopic (exact) mass is 198 g/mol. The van der Waals surface area contributed by atoms with Crippen LogP contribution in [-0.2, 0) is 0 Å². The lowest BCUT2D eigenvalue weighted by Crippen LogP contribution is -2.46. The van der Waals surface area contributed by atoms with Crippen molar-refractivity contribution in [2.24, 2.45) is 5.11 Å². The van der Waals surface area contributed by atoms with Gasteiger partial charge in [0.05, 0.1) is 6.10 Å². The van der Waals surface area contributed by atoms with E-state index in [-0.39, 0.29) is 12.1 Å². The molecule has 14 heavy (non-hydrogen) atoms. The predicted molar refractivity (Wildman–Crippen MR) is 54.9 cm³/mol. The standard InChI is InChI=1S/C9H18N4O/c1-8(14)9-4-2-3-6-13(9)7-5-11-12-10/h8-9,14H,2-7H2,1H3/t8-,9+/m1/s1. The van der Waals surface area contributed by atoms with Gasteiger partial charge in [-0.2, -0.15) is 0 Å². The molecule has 5 nitrogen and oxygen atoms in total. The molecule has 1 heterocycles. The fourth-order valence-corrected chi connectivity index (χ4v) is 2.06. The maximum absolute atomic E-state index is 9.56.